The lowest BCUT2D eigenvalue weighted by molar-refractivity contribution is 0.743. The highest BCUT2D eigenvalue weighted by atomic mass is 127. The molecule has 3 rings (SSSR count). The Labute approximate surface area is 199 Å². The fourth-order valence-corrected chi connectivity index (χ4v) is 3.73. The van der Waals surface area contributed by atoms with Crippen LogP contribution in [-0.2, 0) is 20.0 Å². The van der Waals surface area contributed by atoms with E-state index in [0.29, 0.717) is 6.54 Å². The molecule has 0 spiro atoms. The molecule has 9 heteroatoms. The fraction of sp³-hybridized carbons (Fsp3) is 0.476. The van der Waals surface area contributed by atoms with Gasteiger partial charge in [0.2, 0.25) is 0 Å². The first-order valence-corrected chi connectivity index (χ1v) is 11.4. The summed E-state index contributed by atoms with van der Waals surface area (Å²) < 4.78 is 1.98. The summed E-state index contributed by atoms with van der Waals surface area (Å²) in [5.74, 6) is 3.72. The minimum Gasteiger partial charge on any atom is -0.361 e. The molecule has 0 atom stereocenters. The van der Waals surface area contributed by atoms with Gasteiger partial charge in [0, 0.05) is 37.2 Å². The van der Waals surface area contributed by atoms with E-state index in [1.165, 1.54) is 22.0 Å². The second kappa shape index (κ2) is 12.2. The molecule has 0 bridgehead atoms. The Kier molecular flexibility index (Phi) is 9.96. The van der Waals surface area contributed by atoms with Gasteiger partial charge in [-0.3, -0.25) is 0 Å². The van der Waals surface area contributed by atoms with E-state index in [9.17, 15) is 0 Å². The molecule has 3 aromatic rings. The van der Waals surface area contributed by atoms with Crippen LogP contribution in [0.2, 0.25) is 0 Å². The molecule has 0 aliphatic rings. The minimum atomic E-state index is 0. The molecular weight excluding hydrogens is 509 g/mol. The molecule has 7 nitrogen and oxygen atoms in total. The van der Waals surface area contributed by atoms with E-state index in [-0.39, 0.29) is 24.0 Å². The maximum absolute atomic E-state index is 4.72. The van der Waals surface area contributed by atoms with Crippen LogP contribution in [0.1, 0.15) is 29.2 Å². The summed E-state index contributed by atoms with van der Waals surface area (Å²) in [6, 6.07) is 6.38. The van der Waals surface area contributed by atoms with Crippen LogP contribution in [0.25, 0.3) is 10.9 Å². The van der Waals surface area contributed by atoms with Crippen molar-refractivity contribution >= 4 is 52.6 Å². The van der Waals surface area contributed by atoms with Crippen LogP contribution in [0.5, 0.6) is 0 Å². The molecule has 0 aliphatic heterocycles. The topological polar surface area (TPSA) is 82.9 Å². The Balaban J connectivity index is 0.00000320. The van der Waals surface area contributed by atoms with Crippen LogP contribution in [0.3, 0.4) is 0 Å². The summed E-state index contributed by atoms with van der Waals surface area (Å²) in [4.78, 5) is 8.10. The number of fused-ring (bicyclic) bond motifs is 1. The van der Waals surface area contributed by atoms with Crippen molar-refractivity contribution in [1.82, 2.24) is 30.4 Å². The van der Waals surface area contributed by atoms with Crippen LogP contribution < -0.4 is 10.6 Å². The average Bonchev–Trinajstić information content (AvgIpc) is 3.27. The lowest BCUT2D eigenvalue weighted by Crippen LogP contribution is -2.39. The Morgan fingerprint density at radius 1 is 1.20 bits per heavy atom. The molecular formula is C21H32IN7S. The first kappa shape index (κ1) is 24.5. The number of H-pyrrole nitrogens is 1. The van der Waals surface area contributed by atoms with Crippen LogP contribution in [0.15, 0.2) is 29.4 Å². The van der Waals surface area contributed by atoms with E-state index < -0.39 is 0 Å². The van der Waals surface area contributed by atoms with Gasteiger partial charge in [-0.2, -0.15) is 11.8 Å². The van der Waals surface area contributed by atoms with E-state index in [1.54, 1.807) is 0 Å². The first-order valence-electron chi connectivity index (χ1n) is 10.0. The molecule has 2 aromatic heterocycles. The molecule has 0 aliphatic carbocycles. The SMILES string of the molecule is CSCCCNC(=NCc1nnc(C)n1C)NCCc1c[nH]c2cccc(C)c12.I. The van der Waals surface area contributed by atoms with Crippen molar-refractivity contribution in [3.8, 4) is 0 Å². The van der Waals surface area contributed by atoms with Crippen LogP contribution in [-0.4, -0.2) is 50.8 Å². The zero-order valence-electron chi connectivity index (χ0n) is 18.2. The highest BCUT2D eigenvalue weighted by Gasteiger charge is 2.08. The van der Waals surface area contributed by atoms with Crippen LogP contribution in [0, 0.1) is 13.8 Å². The Bertz CT molecular complexity index is 964. The van der Waals surface area contributed by atoms with Gasteiger partial charge in [0.25, 0.3) is 0 Å². The number of aromatic nitrogens is 4. The standard InChI is InChI=1S/C21H31N7S.HI/c1-15-7-5-8-18-20(15)17(13-24-18)9-11-23-21(22-10-6-12-29-4)25-14-19-27-26-16(2)28(19)3;/h5,7-8,13,24H,6,9-12,14H2,1-4H3,(H2,22,23,25);1H. The third kappa shape index (κ3) is 6.37. The van der Waals surface area contributed by atoms with Gasteiger partial charge in [-0.1, -0.05) is 12.1 Å². The lowest BCUT2D eigenvalue weighted by atomic mass is 10.1. The zero-order valence-corrected chi connectivity index (χ0v) is 21.3. The summed E-state index contributed by atoms with van der Waals surface area (Å²) in [6.07, 6.45) is 6.28. The minimum absolute atomic E-state index is 0. The van der Waals surface area contributed by atoms with Crippen molar-refractivity contribution in [3.05, 3.63) is 47.2 Å². The Hall–Kier alpha value is -1.75. The Morgan fingerprint density at radius 2 is 2.00 bits per heavy atom. The highest BCUT2D eigenvalue weighted by molar-refractivity contribution is 14.0. The molecule has 0 fully saturated rings. The largest absolute Gasteiger partial charge is 0.361 e. The number of benzene rings is 1. The predicted octanol–water partition coefficient (Wildman–Crippen LogP) is 3.56. The average molecular weight is 542 g/mol. The van der Waals surface area contributed by atoms with Gasteiger partial charge in [0.15, 0.2) is 11.8 Å². The van der Waals surface area contributed by atoms with Crippen molar-refractivity contribution < 1.29 is 0 Å². The molecule has 2 heterocycles. The number of aryl methyl sites for hydroxylation is 2. The van der Waals surface area contributed by atoms with Crippen LogP contribution in [0.4, 0.5) is 0 Å². The van der Waals surface area contributed by atoms with Crippen molar-refractivity contribution in [2.45, 2.75) is 33.2 Å². The van der Waals surface area contributed by atoms with Crippen molar-refractivity contribution in [3.63, 3.8) is 0 Å². The summed E-state index contributed by atoms with van der Waals surface area (Å²) in [5.41, 5.74) is 3.83. The number of rotatable bonds is 9. The lowest BCUT2D eigenvalue weighted by Gasteiger charge is -2.12. The third-order valence-electron chi connectivity index (χ3n) is 5.06. The van der Waals surface area contributed by atoms with Crippen molar-refractivity contribution in [2.75, 3.05) is 25.1 Å². The molecule has 3 N–H and O–H groups in total. The maximum atomic E-state index is 4.72. The van der Waals surface area contributed by atoms with Gasteiger partial charge < -0.3 is 20.2 Å². The molecule has 0 radical (unpaired) electrons. The molecule has 0 saturated heterocycles. The number of halogens is 1. The van der Waals surface area contributed by atoms with Crippen molar-refractivity contribution in [2.24, 2.45) is 12.0 Å². The van der Waals surface area contributed by atoms with Gasteiger partial charge in [0.1, 0.15) is 12.4 Å². The summed E-state index contributed by atoms with van der Waals surface area (Å²) >= 11 is 1.86. The van der Waals surface area contributed by atoms with E-state index in [2.05, 4.69) is 63.4 Å². The van der Waals surface area contributed by atoms with Gasteiger partial charge in [0.05, 0.1) is 0 Å². The Morgan fingerprint density at radius 3 is 2.73 bits per heavy atom. The smallest absolute Gasteiger partial charge is 0.191 e. The zero-order chi connectivity index (χ0) is 20.6. The van der Waals surface area contributed by atoms with Gasteiger partial charge in [-0.25, -0.2) is 4.99 Å². The van der Waals surface area contributed by atoms with Crippen LogP contribution >= 0.6 is 35.7 Å². The fourth-order valence-electron chi connectivity index (χ4n) is 3.30. The maximum Gasteiger partial charge on any atom is 0.191 e. The molecule has 0 saturated carbocycles. The molecule has 30 heavy (non-hydrogen) atoms. The number of guanidine groups is 1. The number of nitrogens with zero attached hydrogens (tertiary/aromatic N) is 4. The summed E-state index contributed by atoms with van der Waals surface area (Å²) in [7, 11) is 1.97. The number of nitrogens with one attached hydrogen (secondary N) is 3. The highest BCUT2D eigenvalue weighted by Crippen LogP contribution is 2.22. The second-order valence-corrected chi connectivity index (χ2v) is 8.13. The number of hydrogen-bond donors (Lipinski definition) is 3. The van der Waals surface area contributed by atoms with Gasteiger partial charge in [-0.05, 0) is 55.9 Å². The first-order chi connectivity index (χ1) is 14.1. The second-order valence-electron chi connectivity index (χ2n) is 7.15. The quantitative estimate of drug-likeness (QED) is 0.167. The number of aliphatic imine (C=N–C) groups is 1. The molecule has 1 aromatic carbocycles. The van der Waals surface area contributed by atoms with Gasteiger partial charge in [-0.15, -0.1) is 34.2 Å². The molecule has 0 unspecified atom stereocenters. The molecule has 0 amide bonds. The van der Waals surface area contributed by atoms with Gasteiger partial charge >= 0.3 is 0 Å². The number of thioether (sulfide) groups is 1. The number of hydrogen-bond acceptors (Lipinski definition) is 4. The van der Waals surface area contributed by atoms with Crippen molar-refractivity contribution in [1.29, 1.82) is 0 Å². The number of aromatic amines is 1. The van der Waals surface area contributed by atoms with E-state index >= 15 is 0 Å². The monoisotopic (exact) mass is 541 g/mol. The normalized spacial score (nSPS) is 11.5. The summed E-state index contributed by atoms with van der Waals surface area (Å²) in [6.45, 7) is 6.32. The molecule has 164 valence electrons. The predicted molar refractivity (Wildman–Crippen MR) is 138 cm³/mol. The van der Waals surface area contributed by atoms with E-state index in [1.807, 2.05) is 30.3 Å². The third-order valence-corrected chi connectivity index (χ3v) is 5.76. The summed E-state index contributed by atoms with van der Waals surface area (Å²) in [5, 5.41) is 16.6. The van der Waals surface area contributed by atoms with E-state index in [4.69, 9.17) is 4.99 Å². The van der Waals surface area contributed by atoms with E-state index in [0.717, 1.165) is 49.3 Å².